The Kier molecular flexibility index (Phi) is 8.09. The predicted octanol–water partition coefficient (Wildman–Crippen LogP) is 3.88. The molecule has 2 heterocycles. The Hall–Kier alpha value is -4.85. The van der Waals surface area contributed by atoms with Crippen LogP contribution >= 0.6 is 0 Å². The molecule has 1 amide bonds. The SMILES string of the molecule is COc1cc(CO)nc(-n2c(=O)c(NC(=O)c3ccc(OC(F)F)cc3)c(-c3c(F)cc(OC)cc3F)n2C)c1. The number of hydrogen-bond acceptors (Lipinski definition) is 7. The van der Waals surface area contributed by atoms with Crippen molar-refractivity contribution in [3.63, 3.8) is 0 Å². The third kappa shape index (κ3) is 5.47. The highest BCUT2D eigenvalue weighted by atomic mass is 19.3. The van der Waals surface area contributed by atoms with Crippen LogP contribution < -0.4 is 25.1 Å². The minimum atomic E-state index is -3.07. The van der Waals surface area contributed by atoms with Crippen LogP contribution in [0.2, 0.25) is 0 Å². The van der Waals surface area contributed by atoms with Crippen LogP contribution in [0.15, 0.2) is 53.3 Å². The Morgan fingerprint density at radius 3 is 2.15 bits per heavy atom. The highest BCUT2D eigenvalue weighted by molar-refractivity contribution is 6.06. The van der Waals surface area contributed by atoms with Gasteiger partial charge in [-0.25, -0.2) is 13.8 Å². The van der Waals surface area contributed by atoms with Gasteiger partial charge >= 0.3 is 6.61 Å². The van der Waals surface area contributed by atoms with E-state index in [1.54, 1.807) is 0 Å². The number of hydrogen-bond donors (Lipinski definition) is 2. The number of anilines is 1. The lowest BCUT2D eigenvalue weighted by Gasteiger charge is -2.13. The fourth-order valence-corrected chi connectivity index (χ4v) is 3.98. The average molecular weight is 562 g/mol. The molecule has 14 heteroatoms. The van der Waals surface area contributed by atoms with E-state index in [1.807, 2.05) is 0 Å². The smallest absolute Gasteiger partial charge is 0.387 e. The van der Waals surface area contributed by atoms with Crippen LogP contribution in [0.5, 0.6) is 17.2 Å². The summed E-state index contributed by atoms with van der Waals surface area (Å²) in [6.45, 7) is -3.58. The maximum Gasteiger partial charge on any atom is 0.387 e. The fourth-order valence-electron chi connectivity index (χ4n) is 3.98. The molecule has 2 aromatic heterocycles. The van der Waals surface area contributed by atoms with E-state index in [2.05, 4.69) is 15.0 Å². The molecule has 2 N–H and O–H groups in total. The van der Waals surface area contributed by atoms with Crippen molar-refractivity contribution in [3.05, 3.63) is 81.8 Å². The number of rotatable bonds is 9. The third-order valence-electron chi connectivity index (χ3n) is 5.79. The highest BCUT2D eigenvalue weighted by Gasteiger charge is 2.28. The van der Waals surface area contributed by atoms with Gasteiger partial charge in [-0.15, -0.1) is 0 Å². The zero-order valence-corrected chi connectivity index (χ0v) is 21.2. The van der Waals surface area contributed by atoms with Gasteiger partial charge in [-0.3, -0.25) is 14.3 Å². The second-order valence-electron chi connectivity index (χ2n) is 8.20. The normalized spacial score (nSPS) is 11.0. The van der Waals surface area contributed by atoms with Gasteiger partial charge in [0.1, 0.15) is 40.3 Å². The molecule has 0 fully saturated rings. The molecule has 40 heavy (non-hydrogen) atoms. The molecule has 4 aromatic rings. The van der Waals surface area contributed by atoms with Crippen LogP contribution in [0.25, 0.3) is 17.1 Å². The highest BCUT2D eigenvalue weighted by Crippen LogP contribution is 2.34. The minimum Gasteiger partial charge on any atom is -0.497 e. The quantitative estimate of drug-likeness (QED) is 0.298. The standard InChI is InChI=1S/C26H22F4N4O6/c1-33-23(21-18(27)9-17(39-3)10-19(21)28)22(32-24(36)13-4-6-15(7-5-13)40-26(29)30)25(37)34(33)20-11-16(38-2)8-14(12-35)31-20/h4-11,26,35H,12H2,1-3H3,(H,32,36). The van der Waals surface area contributed by atoms with Gasteiger partial charge in [0, 0.05) is 36.9 Å². The molecule has 4 rings (SSSR count). The molecular formula is C26H22F4N4O6. The van der Waals surface area contributed by atoms with E-state index in [1.165, 1.54) is 45.5 Å². The lowest BCUT2D eigenvalue weighted by molar-refractivity contribution is -0.0498. The molecule has 0 aliphatic rings. The summed E-state index contributed by atoms with van der Waals surface area (Å²) in [6.07, 6.45) is 0. The molecule has 10 nitrogen and oxygen atoms in total. The molecule has 0 atom stereocenters. The molecule has 0 unspecified atom stereocenters. The van der Waals surface area contributed by atoms with Gasteiger partial charge in [0.15, 0.2) is 5.82 Å². The number of methoxy groups -OCH3 is 2. The van der Waals surface area contributed by atoms with Gasteiger partial charge in [0.2, 0.25) is 0 Å². The maximum absolute atomic E-state index is 15.2. The maximum atomic E-state index is 15.2. The topological polar surface area (TPSA) is 117 Å². The first-order valence-corrected chi connectivity index (χ1v) is 11.5. The van der Waals surface area contributed by atoms with Gasteiger partial charge in [0.25, 0.3) is 11.5 Å². The predicted molar refractivity (Wildman–Crippen MR) is 134 cm³/mol. The Labute approximate surface area is 223 Å². The van der Waals surface area contributed by atoms with E-state index in [0.29, 0.717) is 0 Å². The van der Waals surface area contributed by atoms with Crippen molar-refractivity contribution in [1.29, 1.82) is 0 Å². The summed E-state index contributed by atoms with van der Waals surface area (Å²) in [5.41, 5.74) is -2.40. The number of amides is 1. The van der Waals surface area contributed by atoms with Crippen molar-refractivity contribution in [2.75, 3.05) is 19.5 Å². The third-order valence-corrected chi connectivity index (χ3v) is 5.79. The van der Waals surface area contributed by atoms with Crippen molar-refractivity contribution in [1.82, 2.24) is 14.3 Å². The van der Waals surface area contributed by atoms with E-state index in [4.69, 9.17) is 9.47 Å². The Morgan fingerprint density at radius 2 is 1.60 bits per heavy atom. The number of nitrogens with zero attached hydrogens (tertiary/aromatic N) is 3. The zero-order chi connectivity index (χ0) is 29.1. The van der Waals surface area contributed by atoms with Gasteiger partial charge in [0.05, 0.1) is 32.1 Å². The first-order chi connectivity index (χ1) is 19.1. The first kappa shape index (κ1) is 28.2. The molecule has 0 aliphatic carbocycles. The van der Waals surface area contributed by atoms with Gasteiger partial charge < -0.3 is 24.6 Å². The number of ether oxygens (including phenoxy) is 3. The monoisotopic (exact) mass is 562 g/mol. The van der Waals surface area contributed by atoms with E-state index in [0.717, 1.165) is 33.6 Å². The molecule has 0 saturated carbocycles. The van der Waals surface area contributed by atoms with Crippen molar-refractivity contribution >= 4 is 11.6 Å². The summed E-state index contributed by atoms with van der Waals surface area (Å²) in [4.78, 5) is 31.0. The van der Waals surface area contributed by atoms with Crippen LogP contribution in [-0.2, 0) is 13.7 Å². The minimum absolute atomic E-state index is 0.0693. The number of aliphatic hydroxyl groups excluding tert-OH is 1. The summed E-state index contributed by atoms with van der Waals surface area (Å²) in [6, 6.07) is 9.14. The number of carbonyl (C=O) groups is 1. The summed E-state index contributed by atoms with van der Waals surface area (Å²) >= 11 is 0. The van der Waals surface area contributed by atoms with Crippen LogP contribution in [-0.4, -0.2) is 46.2 Å². The number of aliphatic hydroxyl groups is 1. The number of halogens is 4. The van der Waals surface area contributed by atoms with Crippen molar-refractivity contribution in [3.8, 4) is 34.3 Å². The van der Waals surface area contributed by atoms with Crippen molar-refractivity contribution in [2.24, 2.45) is 7.05 Å². The molecular weight excluding hydrogens is 540 g/mol. The average Bonchev–Trinajstić information content (AvgIpc) is 3.16. The molecule has 2 aromatic carbocycles. The van der Waals surface area contributed by atoms with Crippen LogP contribution in [0.4, 0.5) is 23.2 Å². The second-order valence-corrected chi connectivity index (χ2v) is 8.20. The number of pyridine rings is 1. The molecule has 0 radical (unpaired) electrons. The van der Waals surface area contributed by atoms with Crippen LogP contribution in [0.3, 0.4) is 0 Å². The Balaban J connectivity index is 1.91. The van der Waals surface area contributed by atoms with E-state index in [-0.39, 0.29) is 40.0 Å². The van der Waals surface area contributed by atoms with Crippen LogP contribution in [0, 0.1) is 11.6 Å². The lowest BCUT2D eigenvalue weighted by atomic mass is 10.1. The first-order valence-electron chi connectivity index (χ1n) is 11.5. The largest absolute Gasteiger partial charge is 0.497 e. The molecule has 0 aliphatic heterocycles. The van der Waals surface area contributed by atoms with Gasteiger partial charge in [-0.1, -0.05) is 0 Å². The number of carbonyl (C=O) groups excluding carboxylic acids is 1. The lowest BCUT2D eigenvalue weighted by Crippen LogP contribution is -2.24. The summed E-state index contributed by atoms with van der Waals surface area (Å²) in [7, 11) is 3.88. The van der Waals surface area contributed by atoms with Gasteiger partial charge in [-0.05, 0) is 24.3 Å². The summed E-state index contributed by atoms with van der Waals surface area (Å²) in [5.74, 6) is -3.26. The number of benzene rings is 2. The van der Waals surface area contributed by atoms with Gasteiger partial charge in [-0.2, -0.15) is 13.5 Å². The Bertz CT molecular complexity index is 1570. The molecule has 0 saturated heterocycles. The van der Waals surface area contributed by atoms with E-state index >= 15 is 8.78 Å². The van der Waals surface area contributed by atoms with E-state index in [9.17, 15) is 23.5 Å². The number of nitrogens with one attached hydrogen (secondary N) is 1. The molecule has 0 spiro atoms. The Morgan fingerprint density at radius 1 is 1.00 bits per heavy atom. The summed E-state index contributed by atoms with van der Waals surface area (Å²) < 4.78 is 71.8. The van der Waals surface area contributed by atoms with Crippen molar-refractivity contribution < 1.29 is 41.7 Å². The number of aromatic nitrogens is 3. The van der Waals surface area contributed by atoms with Crippen LogP contribution in [0.1, 0.15) is 16.1 Å². The summed E-state index contributed by atoms with van der Waals surface area (Å²) in [5, 5.41) is 12.0. The second kappa shape index (κ2) is 11.5. The molecule has 210 valence electrons. The van der Waals surface area contributed by atoms with E-state index < -0.39 is 47.6 Å². The fraction of sp³-hybridized carbons (Fsp3) is 0.192. The zero-order valence-electron chi connectivity index (χ0n) is 21.2. The number of alkyl halides is 2. The van der Waals surface area contributed by atoms with Crippen molar-refractivity contribution in [2.45, 2.75) is 13.2 Å². The molecule has 0 bridgehead atoms.